The molecule has 3 rings (SSSR count). The maximum absolute atomic E-state index is 13.1. The van der Waals surface area contributed by atoms with Gasteiger partial charge < -0.3 is 15.0 Å². The lowest BCUT2D eigenvalue weighted by Gasteiger charge is -2.22. The molecule has 0 bridgehead atoms. The second-order valence-electron chi connectivity index (χ2n) is 6.38. The van der Waals surface area contributed by atoms with Crippen molar-refractivity contribution in [3.05, 3.63) is 77.5 Å². The number of nitrogens with one attached hydrogen (secondary N) is 1. The number of carbonyl (C=O) groups excluding carboxylic acids is 1. The van der Waals surface area contributed by atoms with Gasteiger partial charge in [0.25, 0.3) is 5.91 Å². The number of aromatic amines is 1. The number of aliphatic hydroxyl groups excluding tert-OH is 1. The van der Waals surface area contributed by atoms with Crippen LogP contribution in [0.25, 0.3) is 0 Å². The molecule has 0 radical (unpaired) electrons. The summed E-state index contributed by atoms with van der Waals surface area (Å²) in [6.45, 7) is 2.38. The SMILES string of the molecule is Cc1ncc(CN(CCO)C(=O)c2cccnc2SCCc2ccccc2)[nH]1. The fourth-order valence-corrected chi connectivity index (χ4v) is 3.86. The number of hydrogen-bond donors (Lipinski definition) is 2. The van der Waals surface area contributed by atoms with E-state index in [-0.39, 0.29) is 19.1 Å². The van der Waals surface area contributed by atoms with Gasteiger partial charge in [0.1, 0.15) is 10.9 Å². The Morgan fingerprint density at radius 2 is 2.00 bits per heavy atom. The Labute approximate surface area is 169 Å². The first-order chi connectivity index (χ1) is 13.7. The van der Waals surface area contributed by atoms with Crippen LogP contribution in [0.5, 0.6) is 0 Å². The second-order valence-corrected chi connectivity index (χ2v) is 7.47. The van der Waals surface area contributed by atoms with E-state index in [9.17, 15) is 9.90 Å². The van der Waals surface area contributed by atoms with Crippen molar-refractivity contribution in [2.75, 3.05) is 18.9 Å². The number of nitrogens with zero attached hydrogens (tertiary/aromatic N) is 3. The van der Waals surface area contributed by atoms with E-state index in [1.54, 1.807) is 41.2 Å². The van der Waals surface area contributed by atoms with Crippen molar-refractivity contribution in [1.82, 2.24) is 19.9 Å². The van der Waals surface area contributed by atoms with E-state index in [1.165, 1.54) is 5.56 Å². The fourth-order valence-electron chi connectivity index (χ4n) is 2.88. The molecule has 2 N–H and O–H groups in total. The zero-order valence-corrected chi connectivity index (χ0v) is 16.7. The summed E-state index contributed by atoms with van der Waals surface area (Å²) in [4.78, 5) is 26.5. The maximum Gasteiger partial charge on any atom is 0.257 e. The lowest BCUT2D eigenvalue weighted by atomic mass is 10.2. The third kappa shape index (κ3) is 5.43. The van der Waals surface area contributed by atoms with Gasteiger partial charge in [0.2, 0.25) is 0 Å². The van der Waals surface area contributed by atoms with Crippen molar-refractivity contribution in [3.63, 3.8) is 0 Å². The number of amides is 1. The number of carbonyl (C=O) groups is 1. The van der Waals surface area contributed by atoms with Gasteiger partial charge >= 0.3 is 0 Å². The molecule has 146 valence electrons. The predicted octanol–water partition coefficient (Wildman–Crippen LogP) is 3.08. The van der Waals surface area contributed by atoms with Crippen molar-refractivity contribution in [2.45, 2.75) is 24.9 Å². The number of aryl methyl sites for hydroxylation is 2. The zero-order valence-electron chi connectivity index (χ0n) is 15.8. The largest absolute Gasteiger partial charge is 0.395 e. The molecule has 0 unspecified atom stereocenters. The summed E-state index contributed by atoms with van der Waals surface area (Å²) < 4.78 is 0. The van der Waals surface area contributed by atoms with Crippen LogP contribution in [0.2, 0.25) is 0 Å². The smallest absolute Gasteiger partial charge is 0.257 e. The molecule has 2 aromatic heterocycles. The van der Waals surface area contributed by atoms with Crippen molar-refractivity contribution in [1.29, 1.82) is 0 Å². The Hall–Kier alpha value is -2.64. The minimum Gasteiger partial charge on any atom is -0.395 e. The quantitative estimate of drug-likeness (QED) is 0.543. The van der Waals surface area contributed by atoms with Crippen molar-refractivity contribution >= 4 is 17.7 Å². The van der Waals surface area contributed by atoms with E-state index in [0.717, 1.165) is 23.7 Å². The Balaban J connectivity index is 1.70. The molecule has 1 aromatic carbocycles. The third-order valence-electron chi connectivity index (χ3n) is 4.25. The van der Waals surface area contributed by atoms with Gasteiger partial charge in [-0.2, -0.15) is 0 Å². The maximum atomic E-state index is 13.1. The third-order valence-corrected chi connectivity index (χ3v) is 5.25. The highest BCUT2D eigenvalue weighted by Gasteiger charge is 2.20. The first kappa shape index (κ1) is 20.1. The molecular formula is C21H24N4O2S. The molecule has 0 atom stereocenters. The Morgan fingerprint density at radius 3 is 2.71 bits per heavy atom. The van der Waals surface area contributed by atoms with E-state index < -0.39 is 0 Å². The molecule has 0 spiro atoms. The molecule has 3 aromatic rings. The summed E-state index contributed by atoms with van der Waals surface area (Å²) in [5.41, 5.74) is 2.65. The highest BCUT2D eigenvalue weighted by Crippen LogP contribution is 2.23. The average Bonchev–Trinajstić information content (AvgIpc) is 3.13. The van der Waals surface area contributed by atoms with Gasteiger partial charge in [0.05, 0.1) is 30.6 Å². The first-order valence-corrected chi connectivity index (χ1v) is 10.2. The van der Waals surface area contributed by atoms with Gasteiger partial charge in [0, 0.05) is 18.5 Å². The van der Waals surface area contributed by atoms with E-state index in [2.05, 4.69) is 27.1 Å². The zero-order chi connectivity index (χ0) is 19.8. The van der Waals surface area contributed by atoms with Crippen LogP contribution in [0.4, 0.5) is 0 Å². The lowest BCUT2D eigenvalue weighted by Crippen LogP contribution is -2.33. The Morgan fingerprint density at radius 1 is 1.18 bits per heavy atom. The summed E-state index contributed by atoms with van der Waals surface area (Å²) in [7, 11) is 0. The normalized spacial score (nSPS) is 10.8. The second kappa shape index (κ2) is 10.1. The van der Waals surface area contributed by atoms with E-state index in [1.807, 2.05) is 25.1 Å². The number of aliphatic hydroxyl groups is 1. The standard InChI is InChI=1S/C21H24N4O2S/c1-16-23-14-18(24-16)15-25(11-12-26)21(27)19-8-5-10-22-20(19)28-13-9-17-6-3-2-4-7-17/h2-8,10,14,26H,9,11-13,15H2,1H3,(H,23,24). The number of thioether (sulfide) groups is 1. The van der Waals surface area contributed by atoms with Crippen molar-refractivity contribution in [2.24, 2.45) is 0 Å². The molecule has 6 nitrogen and oxygen atoms in total. The van der Waals surface area contributed by atoms with Crippen LogP contribution in [-0.4, -0.2) is 49.8 Å². The minimum absolute atomic E-state index is 0.102. The molecule has 0 saturated heterocycles. The van der Waals surface area contributed by atoms with Crippen LogP contribution in [0.1, 0.15) is 27.4 Å². The molecule has 0 saturated carbocycles. The molecule has 1 amide bonds. The van der Waals surface area contributed by atoms with Gasteiger partial charge in [-0.25, -0.2) is 9.97 Å². The van der Waals surface area contributed by atoms with Crippen LogP contribution in [0.15, 0.2) is 59.9 Å². The van der Waals surface area contributed by atoms with Crippen LogP contribution < -0.4 is 0 Å². The van der Waals surface area contributed by atoms with Gasteiger partial charge in [-0.15, -0.1) is 11.8 Å². The first-order valence-electron chi connectivity index (χ1n) is 9.19. The number of hydrogen-bond acceptors (Lipinski definition) is 5. The molecule has 2 heterocycles. The lowest BCUT2D eigenvalue weighted by molar-refractivity contribution is 0.0701. The van der Waals surface area contributed by atoms with E-state index >= 15 is 0 Å². The summed E-state index contributed by atoms with van der Waals surface area (Å²) in [5, 5.41) is 10.1. The highest BCUT2D eigenvalue weighted by atomic mass is 32.2. The average molecular weight is 397 g/mol. The number of imidazole rings is 1. The molecule has 0 fully saturated rings. The van der Waals surface area contributed by atoms with Gasteiger partial charge in [-0.05, 0) is 31.0 Å². The number of rotatable bonds is 9. The number of benzene rings is 1. The van der Waals surface area contributed by atoms with Crippen LogP contribution in [-0.2, 0) is 13.0 Å². The molecule has 0 aliphatic heterocycles. The number of aromatic nitrogens is 3. The predicted molar refractivity (Wildman–Crippen MR) is 110 cm³/mol. The van der Waals surface area contributed by atoms with Crippen molar-refractivity contribution < 1.29 is 9.90 Å². The van der Waals surface area contributed by atoms with Gasteiger partial charge in [0.15, 0.2) is 0 Å². The summed E-state index contributed by atoms with van der Waals surface area (Å²) in [6, 6.07) is 13.8. The Kier molecular flexibility index (Phi) is 7.22. The fraction of sp³-hybridized carbons (Fsp3) is 0.286. The van der Waals surface area contributed by atoms with Gasteiger partial charge in [-0.3, -0.25) is 4.79 Å². The summed E-state index contributed by atoms with van der Waals surface area (Å²) in [5.74, 6) is 1.49. The summed E-state index contributed by atoms with van der Waals surface area (Å²) >= 11 is 1.57. The minimum atomic E-state index is -0.142. The van der Waals surface area contributed by atoms with Crippen LogP contribution in [0, 0.1) is 6.92 Å². The molecule has 7 heteroatoms. The Bertz CT molecular complexity index is 898. The van der Waals surface area contributed by atoms with Crippen LogP contribution >= 0.6 is 11.8 Å². The molecule has 28 heavy (non-hydrogen) atoms. The van der Waals surface area contributed by atoms with Crippen LogP contribution in [0.3, 0.4) is 0 Å². The van der Waals surface area contributed by atoms with Gasteiger partial charge in [-0.1, -0.05) is 30.3 Å². The highest BCUT2D eigenvalue weighted by molar-refractivity contribution is 7.99. The summed E-state index contributed by atoms with van der Waals surface area (Å²) in [6.07, 6.45) is 4.32. The number of H-pyrrole nitrogens is 1. The molecular weight excluding hydrogens is 372 g/mol. The van der Waals surface area contributed by atoms with E-state index in [0.29, 0.717) is 17.1 Å². The number of pyridine rings is 1. The topological polar surface area (TPSA) is 82.1 Å². The molecule has 0 aliphatic rings. The van der Waals surface area contributed by atoms with Crippen molar-refractivity contribution in [3.8, 4) is 0 Å². The molecule has 0 aliphatic carbocycles. The van der Waals surface area contributed by atoms with E-state index in [4.69, 9.17) is 0 Å². The monoisotopic (exact) mass is 396 g/mol.